The first-order chi connectivity index (χ1) is 8.97. The average Bonchev–Trinajstić information content (AvgIpc) is 2.26. The predicted molar refractivity (Wildman–Crippen MR) is 76.7 cm³/mol. The summed E-state index contributed by atoms with van der Waals surface area (Å²) < 4.78 is 6.58. The first-order valence-corrected chi connectivity index (χ1v) is 6.37. The average molecular weight is 321 g/mol. The summed E-state index contributed by atoms with van der Waals surface area (Å²) in [5, 5.41) is 7.63. The van der Waals surface area contributed by atoms with Crippen molar-refractivity contribution in [1.29, 1.82) is 5.41 Å². The highest BCUT2D eigenvalue weighted by Crippen LogP contribution is 2.28. The number of aromatic nitrogens is 2. The van der Waals surface area contributed by atoms with Crippen LogP contribution in [-0.4, -0.2) is 15.8 Å². The second kappa shape index (κ2) is 5.36. The number of nitrogen functional groups attached to an aromatic ring is 1. The van der Waals surface area contributed by atoms with E-state index in [9.17, 15) is 0 Å². The van der Waals surface area contributed by atoms with E-state index in [2.05, 4.69) is 25.9 Å². The van der Waals surface area contributed by atoms with Crippen LogP contribution in [0.25, 0.3) is 0 Å². The summed E-state index contributed by atoms with van der Waals surface area (Å²) in [6.07, 6.45) is 3.27. The van der Waals surface area contributed by atoms with E-state index in [1.54, 1.807) is 31.5 Å². The number of ether oxygens (including phenoxy) is 1. The summed E-state index contributed by atoms with van der Waals surface area (Å²) >= 11 is 3.33. The molecule has 0 aliphatic carbocycles. The first-order valence-electron chi connectivity index (χ1n) is 5.58. The van der Waals surface area contributed by atoms with Crippen molar-refractivity contribution in [2.45, 2.75) is 13.8 Å². The summed E-state index contributed by atoms with van der Waals surface area (Å²) in [4.78, 5) is 8.32. The molecule has 2 rings (SSSR count). The van der Waals surface area contributed by atoms with Gasteiger partial charge in [-0.2, -0.15) is 0 Å². The van der Waals surface area contributed by atoms with Gasteiger partial charge < -0.3 is 10.5 Å². The lowest BCUT2D eigenvalue weighted by Crippen LogP contribution is -2.15. The summed E-state index contributed by atoms with van der Waals surface area (Å²) in [6.45, 7) is 3.67. The smallest absolute Gasteiger partial charge is 0.146 e. The van der Waals surface area contributed by atoms with E-state index in [1.807, 2.05) is 6.92 Å². The third-order valence-corrected chi connectivity index (χ3v) is 2.90. The van der Waals surface area contributed by atoms with E-state index < -0.39 is 0 Å². The van der Waals surface area contributed by atoms with Gasteiger partial charge in [0.05, 0.1) is 17.5 Å². The van der Waals surface area contributed by atoms with Crippen molar-refractivity contribution in [1.82, 2.24) is 9.97 Å². The normalized spacial score (nSPS) is 10.3. The van der Waals surface area contributed by atoms with Gasteiger partial charge in [0.25, 0.3) is 0 Å². The number of amidine groups is 1. The van der Waals surface area contributed by atoms with Crippen molar-refractivity contribution in [2.24, 2.45) is 5.73 Å². The zero-order valence-electron chi connectivity index (χ0n) is 10.6. The minimum absolute atomic E-state index is 0.0667. The van der Waals surface area contributed by atoms with Crippen LogP contribution in [0.3, 0.4) is 0 Å². The third kappa shape index (κ3) is 3.08. The molecule has 6 heteroatoms. The fourth-order valence-electron chi connectivity index (χ4n) is 1.78. The molecule has 0 aliphatic heterocycles. The number of hydrogen-bond acceptors (Lipinski definition) is 4. The number of hydrogen-bond donors (Lipinski definition) is 2. The fraction of sp³-hybridized carbons (Fsp3) is 0.154. The number of halogens is 1. The topological polar surface area (TPSA) is 84.9 Å². The molecule has 0 atom stereocenters. The van der Waals surface area contributed by atoms with Crippen LogP contribution in [0.1, 0.15) is 17.0 Å². The maximum absolute atomic E-state index is 7.63. The van der Waals surface area contributed by atoms with Gasteiger partial charge in [0.1, 0.15) is 17.3 Å². The van der Waals surface area contributed by atoms with Crippen LogP contribution < -0.4 is 10.5 Å². The Balaban J connectivity index is 2.47. The SMILES string of the molecule is Cc1cc(Oc2cncc(Br)c2)c(C(=N)N)c(C)n1. The Morgan fingerprint density at radius 1 is 1.32 bits per heavy atom. The Labute approximate surface area is 119 Å². The van der Waals surface area contributed by atoms with E-state index in [4.69, 9.17) is 15.9 Å². The van der Waals surface area contributed by atoms with Gasteiger partial charge in [-0.1, -0.05) is 0 Å². The molecule has 0 unspecified atom stereocenters. The number of nitrogens with two attached hydrogens (primary N) is 1. The molecule has 0 saturated carbocycles. The van der Waals surface area contributed by atoms with Crippen LogP contribution in [0.5, 0.6) is 11.5 Å². The Morgan fingerprint density at radius 2 is 2.05 bits per heavy atom. The highest BCUT2D eigenvalue weighted by Gasteiger charge is 2.13. The molecule has 0 bridgehead atoms. The lowest BCUT2D eigenvalue weighted by Gasteiger charge is -2.13. The molecular weight excluding hydrogens is 308 g/mol. The lowest BCUT2D eigenvalue weighted by molar-refractivity contribution is 0.476. The van der Waals surface area contributed by atoms with Crippen molar-refractivity contribution in [2.75, 3.05) is 0 Å². The minimum atomic E-state index is -0.0667. The molecule has 2 aromatic rings. The van der Waals surface area contributed by atoms with Crippen LogP contribution in [0.15, 0.2) is 29.0 Å². The monoisotopic (exact) mass is 320 g/mol. The molecule has 19 heavy (non-hydrogen) atoms. The summed E-state index contributed by atoms with van der Waals surface area (Å²) in [5.74, 6) is 1.02. The summed E-state index contributed by atoms with van der Waals surface area (Å²) in [6, 6.07) is 3.55. The molecule has 0 aromatic carbocycles. The molecule has 2 aromatic heterocycles. The molecule has 0 spiro atoms. The van der Waals surface area contributed by atoms with Gasteiger partial charge in [0, 0.05) is 22.4 Å². The molecule has 3 N–H and O–H groups in total. The summed E-state index contributed by atoms with van der Waals surface area (Å²) in [7, 11) is 0. The van der Waals surface area contributed by atoms with Crippen LogP contribution in [0.4, 0.5) is 0 Å². The zero-order valence-corrected chi connectivity index (χ0v) is 12.2. The lowest BCUT2D eigenvalue weighted by atomic mass is 10.1. The highest BCUT2D eigenvalue weighted by atomic mass is 79.9. The van der Waals surface area contributed by atoms with E-state index >= 15 is 0 Å². The van der Waals surface area contributed by atoms with Crippen molar-refractivity contribution < 1.29 is 4.74 Å². The molecule has 0 aliphatic rings. The van der Waals surface area contributed by atoms with Crippen LogP contribution in [0.2, 0.25) is 0 Å². The molecule has 0 fully saturated rings. The quantitative estimate of drug-likeness (QED) is 0.672. The standard InChI is InChI=1S/C13H13BrN4O/c1-7-3-11(12(13(15)16)8(2)18-7)19-10-4-9(14)5-17-6-10/h3-6H,1-2H3,(H3,15,16). The van der Waals surface area contributed by atoms with Gasteiger partial charge in [-0.15, -0.1) is 0 Å². The largest absolute Gasteiger partial charge is 0.455 e. The molecule has 5 nitrogen and oxygen atoms in total. The number of pyridine rings is 2. The molecule has 0 amide bonds. The number of aryl methyl sites for hydroxylation is 2. The van der Waals surface area contributed by atoms with Gasteiger partial charge in [-0.05, 0) is 35.8 Å². The van der Waals surface area contributed by atoms with Crippen molar-refractivity contribution in [3.63, 3.8) is 0 Å². The van der Waals surface area contributed by atoms with Gasteiger partial charge >= 0.3 is 0 Å². The van der Waals surface area contributed by atoms with Crippen LogP contribution in [0, 0.1) is 19.3 Å². The van der Waals surface area contributed by atoms with Crippen LogP contribution in [-0.2, 0) is 0 Å². The number of nitrogens with zero attached hydrogens (tertiary/aromatic N) is 2. The molecular formula is C13H13BrN4O. The predicted octanol–water partition coefficient (Wildman–Crippen LogP) is 2.93. The summed E-state index contributed by atoms with van der Waals surface area (Å²) in [5.41, 5.74) is 7.57. The zero-order chi connectivity index (χ0) is 14.0. The van der Waals surface area contributed by atoms with Crippen molar-refractivity contribution in [3.05, 3.63) is 46.0 Å². The highest BCUT2D eigenvalue weighted by molar-refractivity contribution is 9.10. The van der Waals surface area contributed by atoms with E-state index in [0.717, 1.165) is 10.2 Å². The van der Waals surface area contributed by atoms with E-state index in [-0.39, 0.29) is 5.84 Å². The van der Waals surface area contributed by atoms with Crippen LogP contribution >= 0.6 is 15.9 Å². The van der Waals surface area contributed by atoms with Crippen molar-refractivity contribution >= 4 is 21.8 Å². The van der Waals surface area contributed by atoms with Gasteiger partial charge in [-0.3, -0.25) is 15.4 Å². The fourth-order valence-corrected chi connectivity index (χ4v) is 2.12. The Morgan fingerprint density at radius 3 is 2.68 bits per heavy atom. The van der Waals surface area contributed by atoms with Gasteiger partial charge in [-0.25, -0.2) is 0 Å². The molecule has 2 heterocycles. The van der Waals surface area contributed by atoms with Crippen molar-refractivity contribution in [3.8, 4) is 11.5 Å². The second-order valence-electron chi connectivity index (χ2n) is 4.08. The third-order valence-electron chi connectivity index (χ3n) is 2.47. The van der Waals surface area contributed by atoms with E-state index in [1.165, 1.54) is 0 Å². The first kappa shape index (κ1) is 13.5. The minimum Gasteiger partial charge on any atom is -0.455 e. The van der Waals surface area contributed by atoms with Gasteiger partial charge in [0.2, 0.25) is 0 Å². The Hall–Kier alpha value is -1.95. The Kier molecular flexibility index (Phi) is 3.80. The Bertz CT molecular complexity index is 643. The molecule has 0 radical (unpaired) electrons. The second-order valence-corrected chi connectivity index (χ2v) is 4.99. The maximum atomic E-state index is 7.63. The number of rotatable bonds is 3. The molecule has 0 saturated heterocycles. The van der Waals surface area contributed by atoms with Gasteiger partial charge in [0.15, 0.2) is 0 Å². The van der Waals surface area contributed by atoms with E-state index in [0.29, 0.717) is 22.8 Å². The number of nitrogens with one attached hydrogen (secondary N) is 1. The maximum Gasteiger partial charge on any atom is 0.146 e. The molecule has 98 valence electrons.